The van der Waals surface area contributed by atoms with Gasteiger partial charge in [-0.25, -0.2) is 14.8 Å². The number of fused-ring (bicyclic) bond motifs is 1. The summed E-state index contributed by atoms with van der Waals surface area (Å²) in [6.45, 7) is 0. The van der Waals surface area contributed by atoms with Crippen LogP contribution in [0, 0.1) is 0 Å². The van der Waals surface area contributed by atoms with Gasteiger partial charge in [0.15, 0.2) is 5.65 Å². The summed E-state index contributed by atoms with van der Waals surface area (Å²) >= 11 is 0. The standard InChI is InChI=1S/C6H5N5O2/c7-3-2-4(9-1-8-3)10-6(13)11-5(2)12/h1H,(H4,7,8,9,10,11,12,13). The maximum Gasteiger partial charge on any atom is 0.327 e. The van der Waals surface area contributed by atoms with Crippen molar-refractivity contribution in [1.82, 2.24) is 19.9 Å². The zero-order chi connectivity index (χ0) is 9.42. The molecule has 0 aliphatic heterocycles. The van der Waals surface area contributed by atoms with Crippen molar-refractivity contribution >= 4 is 16.9 Å². The Morgan fingerprint density at radius 1 is 1.23 bits per heavy atom. The summed E-state index contributed by atoms with van der Waals surface area (Å²) in [5.74, 6) is 0.0440. The van der Waals surface area contributed by atoms with Gasteiger partial charge in [0, 0.05) is 0 Å². The molecular weight excluding hydrogens is 174 g/mol. The Balaban J connectivity index is 3.12. The van der Waals surface area contributed by atoms with E-state index in [0.29, 0.717) is 0 Å². The van der Waals surface area contributed by atoms with Crippen LogP contribution in [0.4, 0.5) is 5.82 Å². The molecule has 13 heavy (non-hydrogen) atoms. The van der Waals surface area contributed by atoms with E-state index in [1.165, 1.54) is 6.33 Å². The van der Waals surface area contributed by atoms with E-state index in [1.807, 2.05) is 4.98 Å². The number of rotatable bonds is 0. The highest BCUT2D eigenvalue weighted by Gasteiger charge is 2.05. The lowest BCUT2D eigenvalue weighted by Crippen LogP contribution is -2.23. The average Bonchev–Trinajstić information content (AvgIpc) is 2.02. The molecule has 0 radical (unpaired) electrons. The fraction of sp³-hybridized carbons (Fsp3) is 0. The van der Waals surface area contributed by atoms with Gasteiger partial charge in [0.05, 0.1) is 0 Å². The van der Waals surface area contributed by atoms with Crippen molar-refractivity contribution in [3.8, 4) is 0 Å². The topological polar surface area (TPSA) is 118 Å². The van der Waals surface area contributed by atoms with Crippen LogP contribution in [0.3, 0.4) is 0 Å². The molecule has 2 rings (SSSR count). The SMILES string of the molecule is Nc1ncnc2[nH]c(=O)[nH]c(=O)c12. The Morgan fingerprint density at radius 2 is 2.00 bits per heavy atom. The molecule has 2 aromatic rings. The summed E-state index contributed by atoms with van der Waals surface area (Å²) in [5, 5.41) is 0.0992. The molecule has 0 aliphatic rings. The number of hydrogen-bond acceptors (Lipinski definition) is 5. The second kappa shape index (κ2) is 2.41. The molecule has 2 heterocycles. The molecule has 0 saturated heterocycles. The number of hydrogen-bond donors (Lipinski definition) is 3. The summed E-state index contributed by atoms with van der Waals surface area (Å²) < 4.78 is 0. The van der Waals surface area contributed by atoms with Crippen LogP contribution in [0.25, 0.3) is 11.0 Å². The van der Waals surface area contributed by atoms with Crippen LogP contribution < -0.4 is 17.0 Å². The Labute approximate surface area is 70.7 Å². The Bertz CT molecular complexity index is 569. The van der Waals surface area contributed by atoms with E-state index in [-0.39, 0.29) is 16.9 Å². The van der Waals surface area contributed by atoms with Gasteiger partial charge in [0.25, 0.3) is 5.56 Å². The van der Waals surface area contributed by atoms with E-state index in [9.17, 15) is 9.59 Å². The van der Waals surface area contributed by atoms with Crippen molar-refractivity contribution in [2.75, 3.05) is 5.73 Å². The Morgan fingerprint density at radius 3 is 2.77 bits per heavy atom. The van der Waals surface area contributed by atoms with Crippen molar-refractivity contribution in [3.63, 3.8) is 0 Å². The Kier molecular flexibility index (Phi) is 1.38. The third-order valence-electron chi connectivity index (χ3n) is 1.56. The maximum atomic E-state index is 11.2. The molecule has 2 aromatic heterocycles. The van der Waals surface area contributed by atoms with E-state index < -0.39 is 11.2 Å². The zero-order valence-electron chi connectivity index (χ0n) is 6.37. The van der Waals surface area contributed by atoms with Gasteiger partial charge in [0.2, 0.25) is 0 Å². The molecule has 0 aliphatic carbocycles. The summed E-state index contributed by atoms with van der Waals surface area (Å²) in [6, 6.07) is 0. The average molecular weight is 179 g/mol. The van der Waals surface area contributed by atoms with Crippen LogP contribution in [-0.4, -0.2) is 19.9 Å². The second-order valence-electron chi connectivity index (χ2n) is 2.39. The van der Waals surface area contributed by atoms with Crippen molar-refractivity contribution in [3.05, 3.63) is 27.2 Å². The lowest BCUT2D eigenvalue weighted by molar-refractivity contribution is 1.05. The third-order valence-corrected chi connectivity index (χ3v) is 1.56. The van der Waals surface area contributed by atoms with Crippen LogP contribution in [0.2, 0.25) is 0 Å². The quantitative estimate of drug-likeness (QED) is 0.459. The van der Waals surface area contributed by atoms with Gasteiger partial charge < -0.3 is 5.73 Å². The zero-order valence-corrected chi connectivity index (χ0v) is 6.37. The number of anilines is 1. The number of H-pyrrole nitrogens is 2. The molecular formula is C6H5N5O2. The number of nitrogens with two attached hydrogens (primary N) is 1. The van der Waals surface area contributed by atoms with E-state index in [2.05, 4.69) is 15.0 Å². The fourth-order valence-corrected chi connectivity index (χ4v) is 1.02. The van der Waals surface area contributed by atoms with Gasteiger partial charge in [-0.1, -0.05) is 0 Å². The first-order valence-electron chi connectivity index (χ1n) is 3.41. The van der Waals surface area contributed by atoms with Crippen LogP contribution in [0.1, 0.15) is 0 Å². The molecule has 4 N–H and O–H groups in total. The van der Waals surface area contributed by atoms with Gasteiger partial charge >= 0.3 is 5.69 Å². The first-order chi connectivity index (χ1) is 6.18. The van der Waals surface area contributed by atoms with Crippen molar-refractivity contribution in [2.45, 2.75) is 0 Å². The second-order valence-corrected chi connectivity index (χ2v) is 2.39. The van der Waals surface area contributed by atoms with Gasteiger partial charge in [-0.3, -0.25) is 14.8 Å². The molecule has 0 spiro atoms. The maximum absolute atomic E-state index is 11.2. The molecule has 0 bridgehead atoms. The highest BCUT2D eigenvalue weighted by molar-refractivity contribution is 5.83. The fourth-order valence-electron chi connectivity index (χ4n) is 1.02. The van der Waals surface area contributed by atoms with Crippen LogP contribution in [0.5, 0.6) is 0 Å². The minimum atomic E-state index is -0.615. The minimum Gasteiger partial charge on any atom is -0.383 e. The third kappa shape index (κ3) is 1.06. The van der Waals surface area contributed by atoms with Crippen LogP contribution in [-0.2, 0) is 0 Å². The normalized spacial score (nSPS) is 10.5. The number of nitrogens with zero attached hydrogens (tertiary/aromatic N) is 2. The highest BCUT2D eigenvalue weighted by Crippen LogP contribution is 2.05. The molecule has 0 saturated carbocycles. The summed E-state index contributed by atoms with van der Waals surface area (Å²) in [6.07, 6.45) is 1.17. The molecule has 7 nitrogen and oxygen atoms in total. The van der Waals surface area contributed by atoms with Crippen LogP contribution in [0.15, 0.2) is 15.9 Å². The number of nitrogens with one attached hydrogen (secondary N) is 2. The van der Waals surface area contributed by atoms with E-state index >= 15 is 0 Å². The predicted molar refractivity (Wildman–Crippen MR) is 45.2 cm³/mol. The summed E-state index contributed by atoms with van der Waals surface area (Å²) in [5.41, 5.74) is 4.35. The molecule has 0 amide bonds. The van der Waals surface area contributed by atoms with Gasteiger partial charge in [-0.05, 0) is 0 Å². The van der Waals surface area contributed by atoms with Crippen molar-refractivity contribution < 1.29 is 0 Å². The lowest BCUT2D eigenvalue weighted by Gasteiger charge is -1.96. The van der Waals surface area contributed by atoms with Crippen molar-refractivity contribution in [2.24, 2.45) is 0 Å². The first-order valence-corrected chi connectivity index (χ1v) is 3.41. The van der Waals surface area contributed by atoms with Crippen LogP contribution >= 0.6 is 0 Å². The van der Waals surface area contributed by atoms with E-state index in [4.69, 9.17) is 5.73 Å². The lowest BCUT2D eigenvalue weighted by atomic mass is 10.4. The number of aromatic amines is 2. The summed E-state index contributed by atoms with van der Waals surface area (Å²) in [7, 11) is 0. The van der Waals surface area contributed by atoms with Crippen molar-refractivity contribution in [1.29, 1.82) is 0 Å². The summed E-state index contributed by atoms with van der Waals surface area (Å²) in [4.78, 5) is 33.7. The molecule has 0 atom stereocenters. The van der Waals surface area contributed by atoms with E-state index in [0.717, 1.165) is 0 Å². The largest absolute Gasteiger partial charge is 0.383 e. The van der Waals surface area contributed by atoms with Gasteiger partial charge in [-0.15, -0.1) is 0 Å². The first kappa shape index (κ1) is 7.47. The Hall–Kier alpha value is -2.18. The predicted octanol–water partition coefficient (Wildman–Crippen LogP) is -1.41. The molecule has 66 valence electrons. The minimum absolute atomic E-state index is 0.0440. The smallest absolute Gasteiger partial charge is 0.327 e. The molecule has 0 fully saturated rings. The van der Waals surface area contributed by atoms with E-state index in [1.54, 1.807) is 0 Å². The number of aromatic nitrogens is 4. The van der Waals surface area contributed by atoms with Gasteiger partial charge in [0.1, 0.15) is 17.5 Å². The monoisotopic (exact) mass is 179 g/mol. The molecule has 7 heteroatoms. The highest BCUT2D eigenvalue weighted by atomic mass is 16.2. The van der Waals surface area contributed by atoms with Gasteiger partial charge in [-0.2, -0.15) is 0 Å². The molecule has 0 unspecified atom stereocenters. The number of nitrogen functional groups attached to an aromatic ring is 1. The molecule has 0 aromatic carbocycles.